The summed E-state index contributed by atoms with van der Waals surface area (Å²) in [4.78, 5) is 0. The molecule has 0 saturated carbocycles. The minimum Gasteiger partial charge on any atom is -0.493 e. The van der Waals surface area contributed by atoms with Crippen molar-refractivity contribution >= 4 is 29.2 Å². The second-order valence-corrected chi connectivity index (χ2v) is 6.65. The molecule has 0 atom stereocenters. The molecule has 0 spiro atoms. The van der Waals surface area contributed by atoms with Gasteiger partial charge in [-0.3, -0.25) is 5.43 Å². The van der Waals surface area contributed by atoms with Crippen LogP contribution in [0.1, 0.15) is 11.1 Å². The summed E-state index contributed by atoms with van der Waals surface area (Å²) in [7, 11) is 3.17. The van der Waals surface area contributed by atoms with Crippen LogP contribution >= 0.6 is 12.2 Å². The Kier molecular flexibility index (Phi) is 7.63. The first kappa shape index (κ1) is 21.1. The monoisotopic (exact) mass is 421 g/mol. The quantitative estimate of drug-likeness (QED) is 0.315. The van der Waals surface area contributed by atoms with Crippen LogP contribution in [-0.2, 0) is 6.61 Å². The van der Waals surface area contributed by atoms with Crippen molar-refractivity contribution in [1.29, 1.82) is 0 Å². The van der Waals surface area contributed by atoms with Crippen LogP contribution in [0.3, 0.4) is 0 Å². The average molecular weight is 422 g/mol. The number of nitrogens with one attached hydrogen (secondary N) is 2. The van der Waals surface area contributed by atoms with Crippen molar-refractivity contribution in [3.63, 3.8) is 0 Å². The summed E-state index contributed by atoms with van der Waals surface area (Å²) in [6.07, 6.45) is 1.68. The van der Waals surface area contributed by atoms with Crippen LogP contribution in [0.2, 0.25) is 0 Å². The molecule has 0 aliphatic carbocycles. The van der Waals surface area contributed by atoms with E-state index in [1.165, 1.54) is 0 Å². The zero-order valence-electron chi connectivity index (χ0n) is 16.8. The molecule has 0 aliphatic rings. The molecule has 154 valence electrons. The van der Waals surface area contributed by atoms with Crippen LogP contribution < -0.4 is 25.0 Å². The van der Waals surface area contributed by atoms with E-state index in [1.54, 1.807) is 32.6 Å². The number of benzene rings is 3. The molecule has 0 aliphatic heterocycles. The molecule has 0 saturated heterocycles. The Morgan fingerprint density at radius 2 is 1.67 bits per heavy atom. The van der Waals surface area contributed by atoms with Crippen molar-refractivity contribution in [2.45, 2.75) is 6.61 Å². The van der Waals surface area contributed by atoms with Crippen molar-refractivity contribution in [3.05, 3.63) is 83.9 Å². The second kappa shape index (κ2) is 10.8. The van der Waals surface area contributed by atoms with E-state index >= 15 is 0 Å². The van der Waals surface area contributed by atoms with Gasteiger partial charge in [-0.05, 0) is 59.7 Å². The van der Waals surface area contributed by atoms with Gasteiger partial charge in [-0.15, -0.1) is 0 Å². The number of ether oxygens (including phenoxy) is 3. The maximum atomic E-state index is 5.78. The van der Waals surface area contributed by atoms with E-state index < -0.39 is 0 Å². The Hall–Kier alpha value is -3.58. The molecule has 30 heavy (non-hydrogen) atoms. The van der Waals surface area contributed by atoms with E-state index in [-0.39, 0.29) is 0 Å². The van der Waals surface area contributed by atoms with Crippen LogP contribution in [-0.4, -0.2) is 25.5 Å². The molecule has 6 nitrogen and oxygen atoms in total. The number of anilines is 1. The fourth-order valence-electron chi connectivity index (χ4n) is 2.63. The number of rotatable bonds is 8. The number of thiocarbonyl (C=S) groups is 1. The summed E-state index contributed by atoms with van der Waals surface area (Å²) >= 11 is 5.27. The molecule has 0 bridgehead atoms. The van der Waals surface area contributed by atoms with Crippen LogP contribution in [0.4, 0.5) is 5.69 Å². The molecular weight excluding hydrogens is 398 g/mol. The fraction of sp³-hybridized carbons (Fsp3) is 0.130. The number of hydrogen-bond acceptors (Lipinski definition) is 5. The molecule has 2 N–H and O–H groups in total. The number of methoxy groups -OCH3 is 2. The Bertz CT molecular complexity index is 992. The van der Waals surface area contributed by atoms with Gasteiger partial charge in [-0.25, -0.2) is 0 Å². The maximum absolute atomic E-state index is 5.78. The first-order valence-corrected chi connectivity index (χ1v) is 9.67. The van der Waals surface area contributed by atoms with Gasteiger partial charge in [0.05, 0.1) is 20.4 Å². The number of nitrogens with zero attached hydrogens (tertiary/aromatic N) is 1. The Labute approximate surface area is 181 Å². The first-order chi connectivity index (χ1) is 14.7. The van der Waals surface area contributed by atoms with E-state index in [9.17, 15) is 0 Å². The van der Waals surface area contributed by atoms with E-state index in [2.05, 4.69) is 15.8 Å². The molecule has 0 radical (unpaired) electrons. The summed E-state index contributed by atoms with van der Waals surface area (Å²) in [6.45, 7) is 0.534. The van der Waals surface area contributed by atoms with Gasteiger partial charge in [-0.1, -0.05) is 30.3 Å². The van der Waals surface area contributed by atoms with Gasteiger partial charge in [0, 0.05) is 11.8 Å². The second-order valence-electron chi connectivity index (χ2n) is 6.24. The van der Waals surface area contributed by atoms with Crippen molar-refractivity contribution < 1.29 is 14.2 Å². The summed E-state index contributed by atoms with van der Waals surface area (Å²) in [6, 6.07) is 23.2. The lowest BCUT2D eigenvalue weighted by Gasteiger charge is -2.11. The lowest BCUT2D eigenvalue weighted by Crippen LogP contribution is -2.23. The van der Waals surface area contributed by atoms with E-state index in [0.29, 0.717) is 23.2 Å². The zero-order chi connectivity index (χ0) is 21.2. The SMILES string of the molecule is COc1ccc(NC(=S)NN=Cc2ccc(OCc3ccccc3)cc2)cc1OC. The van der Waals surface area contributed by atoms with Crippen LogP contribution in [0.15, 0.2) is 77.9 Å². The van der Waals surface area contributed by atoms with E-state index in [4.69, 9.17) is 26.4 Å². The largest absolute Gasteiger partial charge is 0.493 e. The highest BCUT2D eigenvalue weighted by Crippen LogP contribution is 2.29. The van der Waals surface area contributed by atoms with Gasteiger partial charge in [0.25, 0.3) is 0 Å². The third-order valence-electron chi connectivity index (χ3n) is 4.15. The predicted molar refractivity (Wildman–Crippen MR) is 124 cm³/mol. The van der Waals surface area contributed by atoms with E-state index in [0.717, 1.165) is 22.6 Å². The molecule has 0 heterocycles. The molecule has 0 amide bonds. The van der Waals surface area contributed by atoms with Crippen LogP contribution in [0.5, 0.6) is 17.2 Å². The van der Waals surface area contributed by atoms with Crippen LogP contribution in [0.25, 0.3) is 0 Å². The molecular formula is C23H23N3O3S. The molecule has 3 aromatic carbocycles. The third-order valence-corrected chi connectivity index (χ3v) is 4.34. The Morgan fingerprint density at radius 1 is 0.933 bits per heavy atom. The van der Waals surface area contributed by atoms with E-state index in [1.807, 2.05) is 60.7 Å². The lowest BCUT2D eigenvalue weighted by molar-refractivity contribution is 0.306. The summed E-state index contributed by atoms with van der Waals surface area (Å²) in [5.41, 5.74) is 5.61. The molecule has 0 fully saturated rings. The third kappa shape index (κ3) is 6.22. The topological polar surface area (TPSA) is 64.1 Å². The minimum absolute atomic E-state index is 0.362. The van der Waals surface area contributed by atoms with Crippen molar-refractivity contribution in [3.8, 4) is 17.2 Å². The van der Waals surface area contributed by atoms with Gasteiger partial charge in [-0.2, -0.15) is 5.10 Å². The molecule has 7 heteroatoms. The van der Waals surface area contributed by atoms with Crippen molar-refractivity contribution in [2.75, 3.05) is 19.5 Å². The fourth-order valence-corrected chi connectivity index (χ4v) is 2.80. The van der Waals surface area contributed by atoms with Gasteiger partial charge < -0.3 is 19.5 Å². The summed E-state index contributed by atoms with van der Waals surface area (Å²) in [5, 5.41) is 7.57. The predicted octanol–water partition coefficient (Wildman–Crippen LogP) is 4.60. The van der Waals surface area contributed by atoms with Gasteiger partial charge >= 0.3 is 0 Å². The number of hydrazone groups is 1. The first-order valence-electron chi connectivity index (χ1n) is 9.27. The van der Waals surface area contributed by atoms with Gasteiger partial charge in [0.2, 0.25) is 0 Å². The lowest BCUT2D eigenvalue weighted by atomic mass is 10.2. The highest BCUT2D eigenvalue weighted by Gasteiger charge is 2.05. The minimum atomic E-state index is 0.362. The van der Waals surface area contributed by atoms with Gasteiger partial charge in [0.15, 0.2) is 16.6 Å². The highest BCUT2D eigenvalue weighted by molar-refractivity contribution is 7.80. The van der Waals surface area contributed by atoms with Crippen molar-refractivity contribution in [1.82, 2.24) is 5.43 Å². The molecule has 3 rings (SSSR count). The zero-order valence-corrected chi connectivity index (χ0v) is 17.6. The Balaban J connectivity index is 1.48. The molecule has 0 unspecified atom stereocenters. The normalized spacial score (nSPS) is 10.5. The maximum Gasteiger partial charge on any atom is 0.191 e. The summed E-state index contributed by atoms with van der Waals surface area (Å²) in [5.74, 6) is 2.06. The number of hydrogen-bond donors (Lipinski definition) is 2. The smallest absolute Gasteiger partial charge is 0.191 e. The van der Waals surface area contributed by atoms with Crippen molar-refractivity contribution in [2.24, 2.45) is 5.10 Å². The Morgan fingerprint density at radius 3 is 2.37 bits per heavy atom. The average Bonchev–Trinajstić information content (AvgIpc) is 2.79. The standard InChI is InChI=1S/C23H23N3O3S/c1-27-21-13-10-19(14-22(21)28-2)25-23(30)26-24-15-17-8-11-20(12-9-17)29-16-18-6-4-3-5-7-18/h3-15H,16H2,1-2H3,(H2,25,26,30). The molecule has 0 aromatic heterocycles. The highest BCUT2D eigenvalue weighted by atomic mass is 32.1. The molecule has 3 aromatic rings. The summed E-state index contributed by atoms with van der Waals surface area (Å²) < 4.78 is 16.3. The van der Waals surface area contributed by atoms with Crippen LogP contribution in [0, 0.1) is 0 Å². The van der Waals surface area contributed by atoms with Gasteiger partial charge in [0.1, 0.15) is 12.4 Å².